The third kappa shape index (κ3) is 4.39. The summed E-state index contributed by atoms with van der Waals surface area (Å²) in [4.78, 5) is 12.2. The molecule has 3 aromatic rings. The lowest BCUT2D eigenvalue weighted by molar-refractivity contribution is -0.142. The zero-order valence-electron chi connectivity index (χ0n) is 14.3. The zero-order chi connectivity index (χ0) is 20.3. The first-order valence-electron chi connectivity index (χ1n) is 7.90. The molecule has 0 aliphatic carbocycles. The molecule has 2 aromatic heterocycles. The number of nitrogens with zero attached hydrogens (tertiary/aromatic N) is 1. The van der Waals surface area contributed by atoms with Crippen LogP contribution in [0.3, 0.4) is 0 Å². The standard InChI is InChI=1S/C17H13ClF3N3O4/c1-2-26-13-6-9(12-4-3-5-27-12)11(7-10(13)18)22-16(25)23-15-8-14(24-28-15)17(19,20)21/h3-8H,2H2,1H3,(H2,22,23,25). The van der Waals surface area contributed by atoms with Crippen LogP contribution in [0.4, 0.5) is 29.5 Å². The number of benzene rings is 1. The monoisotopic (exact) mass is 415 g/mol. The van der Waals surface area contributed by atoms with Gasteiger partial charge in [0.15, 0.2) is 5.69 Å². The van der Waals surface area contributed by atoms with Gasteiger partial charge in [0, 0.05) is 11.6 Å². The molecular weight excluding hydrogens is 403 g/mol. The summed E-state index contributed by atoms with van der Waals surface area (Å²) in [5.41, 5.74) is -0.554. The maximum absolute atomic E-state index is 12.6. The van der Waals surface area contributed by atoms with E-state index < -0.39 is 23.8 Å². The van der Waals surface area contributed by atoms with Gasteiger partial charge in [0.2, 0.25) is 5.88 Å². The predicted molar refractivity (Wildman–Crippen MR) is 94.5 cm³/mol. The van der Waals surface area contributed by atoms with Crippen molar-refractivity contribution in [2.75, 3.05) is 17.2 Å². The van der Waals surface area contributed by atoms with Crippen molar-refractivity contribution in [3.05, 3.63) is 47.3 Å². The molecule has 0 radical (unpaired) electrons. The number of urea groups is 1. The smallest absolute Gasteiger partial charge is 0.436 e. The Morgan fingerprint density at radius 1 is 1.29 bits per heavy atom. The Morgan fingerprint density at radius 3 is 2.68 bits per heavy atom. The molecule has 0 saturated heterocycles. The summed E-state index contributed by atoms with van der Waals surface area (Å²) in [5.74, 6) is 0.333. The molecule has 0 saturated carbocycles. The lowest BCUT2D eigenvalue weighted by Gasteiger charge is -2.13. The minimum atomic E-state index is -4.69. The van der Waals surface area contributed by atoms with E-state index in [-0.39, 0.29) is 10.7 Å². The zero-order valence-corrected chi connectivity index (χ0v) is 15.0. The molecule has 7 nitrogen and oxygen atoms in total. The molecule has 0 aliphatic rings. The second-order valence-electron chi connectivity index (χ2n) is 5.39. The molecule has 0 bridgehead atoms. The van der Waals surface area contributed by atoms with Crippen molar-refractivity contribution in [1.29, 1.82) is 0 Å². The number of hydrogen-bond acceptors (Lipinski definition) is 5. The van der Waals surface area contributed by atoms with Crippen molar-refractivity contribution in [3.63, 3.8) is 0 Å². The number of hydrogen-bond donors (Lipinski definition) is 2. The SMILES string of the molecule is CCOc1cc(-c2ccco2)c(NC(=O)Nc2cc(C(F)(F)F)no2)cc1Cl. The average Bonchev–Trinajstić information content (AvgIpc) is 3.28. The van der Waals surface area contributed by atoms with E-state index in [1.165, 1.54) is 12.3 Å². The summed E-state index contributed by atoms with van der Waals surface area (Å²) < 4.78 is 52.9. The number of carbonyl (C=O) groups is 1. The van der Waals surface area contributed by atoms with Crippen molar-refractivity contribution in [2.24, 2.45) is 0 Å². The molecule has 2 amide bonds. The highest BCUT2D eigenvalue weighted by molar-refractivity contribution is 6.32. The quantitative estimate of drug-likeness (QED) is 0.562. The topological polar surface area (TPSA) is 89.5 Å². The van der Waals surface area contributed by atoms with Gasteiger partial charge in [0.1, 0.15) is 11.5 Å². The van der Waals surface area contributed by atoms with Gasteiger partial charge in [-0.15, -0.1) is 0 Å². The van der Waals surface area contributed by atoms with E-state index in [1.807, 2.05) is 0 Å². The van der Waals surface area contributed by atoms with Crippen LogP contribution in [0.15, 0.2) is 45.5 Å². The first-order chi connectivity index (χ1) is 13.3. The molecule has 1 aromatic carbocycles. The van der Waals surface area contributed by atoms with Crippen LogP contribution < -0.4 is 15.4 Å². The van der Waals surface area contributed by atoms with Crippen LogP contribution in [0, 0.1) is 0 Å². The summed E-state index contributed by atoms with van der Waals surface area (Å²) in [6.45, 7) is 2.16. The van der Waals surface area contributed by atoms with Crippen LogP contribution in [0.25, 0.3) is 11.3 Å². The van der Waals surface area contributed by atoms with Gasteiger partial charge >= 0.3 is 12.2 Å². The van der Waals surface area contributed by atoms with E-state index in [0.717, 1.165) is 0 Å². The summed E-state index contributed by atoms with van der Waals surface area (Å²) in [5, 5.41) is 7.70. The highest BCUT2D eigenvalue weighted by Gasteiger charge is 2.35. The molecule has 2 N–H and O–H groups in total. The number of nitrogens with one attached hydrogen (secondary N) is 2. The maximum atomic E-state index is 12.6. The number of carbonyl (C=O) groups excluding carboxylic acids is 1. The number of rotatable bonds is 5. The number of aromatic nitrogens is 1. The lowest BCUT2D eigenvalue weighted by Crippen LogP contribution is -2.19. The van der Waals surface area contributed by atoms with E-state index in [9.17, 15) is 18.0 Å². The molecule has 0 aliphatic heterocycles. The Hall–Kier alpha value is -3.14. The normalized spacial score (nSPS) is 11.3. The van der Waals surface area contributed by atoms with Crippen molar-refractivity contribution in [1.82, 2.24) is 5.16 Å². The Kier molecular flexibility index (Phi) is 5.50. The third-order valence-corrected chi connectivity index (χ3v) is 3.74. The summed E-state index contributed by atoms with van der Waals surface area (Å²) >= 11 is 6.16. The van der Waals surface area contributed by atoms with Gasteiger partial charge in [0.25, 0.3) is 0 Å². The fourth-order valence-corrected chi connectivity index (χ4v) is 2.51. The van der Waals surface area contributed by atoms with E-state index in [4.69, 9.17) is 20.8 Å². The molecule has 0 unspecified atom stereocenters. The van der Waals surface area contributed by atoms with E-state index >= 15 is 0 Å². The number of halogens is 4. The number of alkyl halides is 3. The predicted octanol–water partition coefficient (Wildman–Crippen LogP) is 5.65. The number of amides is 2. The lowest BCUT2D eigenvalue weighted by atomic mass is 10.1. The Balaban J connectivity index is 1.83. The molecule has 0 atom stereocenters. The van der Waals surface area contributed by atoms with Gasteiger partial charge in [0.05, 0.1) is 23.6 Å². The largest absolute Gasteiger partial charge is 0.492 e. The second-order valence-corrected chi connectivity index (χ2v) is 5.80. The molecular formula is C17H13ClF3N3O4. The van der Waals surface area contributed by atoms with Gasteiger partial charge in [-0.1, -0.05) is 16.8 Å². The van der Waals surface area contributed by atoms with Gasteiger partial charge in [-0.3, -0.25) is 5.32 Å². The van der Waals surface area contributed by atoms with Gasteiger partial charge in [-0.25, -0.2) is 4.79 Å². The second kappa shape index (κ2) is 7.85. The van der Waals surface area contributed by atoms with E-state index in [2.05, 4.69) is 20.3 Å². The highest BCUT2D eigenvalue weighted by atomic mass is 35.5. The summed E-state index contributed by atoms with van der Waals surface area (Å²) in [7, 11) is 0. The Bertz CT molecular complexity index is 971. The highest BCUT2D eigenvalue weighted by Crippen LogP contribution is 2.37. The maximum Gasteiger partial charge on any atom is 0.436 e. The summed E-state index contributed by atoms with van der Waals surface area (Å²) in [6, 6.07) is 6.04. The van der Waals surface area contributed by atoms with Crippen molar-refractivity contribution >= 4 is 29.2 Å². The van der Waals surface area contributed by atoms with E-state index in [1.54, 1.807) is 25.1 Å². The number of furan rings is 1. The molecule has 148 valence electrons. The number of anilines is 2. The van der Waals surface area contributed by atoms with Crippen LogP contribution >= 0.6 is 11.6 Å². The average molecular weight is 416 g/mol. The van der Waals surface area contributed by atoms with Gasteiger partial charge < -0.3 is 19.0 Å². The minimum Gasteiger partial charge on any atom is -0.492 e. The summed E-state index contributed by atoms with van der Waals surface area (Å²) in [6.07, 6.45) is -3.24. The first kappa shape index (κ1) is 19.6. The van der Waals surface area contributed by atoms with E-state index in [0.29, 0.717) is 29.7 Å². The Morgan fingerprint density at radius 2 is 2.07 bits per heavy atom. The van der Waals surface area contributed by atoms with Gasteiger partial charge in [-0.2, -0.15) is 13.2 Å². The molecule has 3 rings (SSSR count). The number of ether oxygens (including phenoxy) is 1. The molecule has 0 spiro atoms. The van der Waals surface area contributed by atoms with Gasteiger partial charge in [-0.05, 0) is 31.2 Å². The van der Waals surface area contributed by atoms with Crippen LogP contribution in [-0.2, 0) is 6.18 Å². The first-order valence-corrected chi connectivity index (χ1v) is 8.28. The molecule has 0 fully saturated rings. The molecule has 11 heteroatoms. The third-order valence-electron chi connectivity index (χ3n) is 3.44. The fraction of sp³-hybridized carbons (Fsp3) is 0.176. The van der Waals surface area contributed by atoms with Crippen molar-refractivity contribution in [3.8, 4) is 17.1 Å². The Labute approximate surface area is 161 Å². The van der Waals surface area contributed by atoms with Crippen LogP contribution in [0.5, 0.6) is 5.75 Å². The fourth-order valence-electron chi connectivity index (χ4n) is 2.29. The van der Waals surface area contributed by atoms with Crippen molar-refractivity contribution in [2.45, 2.75) is 13.1 Å². The molecule has 28 heavy (non-hydrogen) atoms. The van der Waals surface area contributed by atoms with Crippen LogP contribution in [0.2, 0.25) is 5.02 Å². The van der Waals surface area contributed by atoms with Crippen LogP contribution in [-0.4, -0.2) is 17.8 Å². The van der Waals surface area contributed by atoms with Crippen LogP contribution in [0.1, 0.15) is 12.6 Å². The molecule has 2 heterocycles. The van der Waals surface area contributed by atoms with Crippen molar-refractivity contribution < 1.29 is 31.6 Å². The minimum absolute atomic E-state index is 0.228.